The van der Waals surface area contributed by atoms with Crippen LogP contribution in [0.5, 0.6) is 0 Å². The highest BCUT2D eigenvalue weighted by atomic mass is 14.5. The molecule has 3 fully saturated rings. The molecule has 4 aliphatic carbocycles. The SMILES string of the molecule is CC1C=CC(C2CC3CC2CC3C2CCCCC2)C1. The van der Waals surface area contributed by atoms with Crippen LogP contribution in [0.15, 0.2) is 12.2 Å². The van der Waals surface area contributed by atoms with Crippen molar-refractivity contribution in [2.45, 2.75) is 64.7 Å². The number of hydrogen-bond donors (Lipinski definition) is 0. The Kier molecular flexibility index (Phi) is 3.24. The minimum Gasteiger partial charge on any atom is -0.0854 e. The Bertz CT molecular complexity index is 349. The van der Waals surface area contributed by atoms with E-state index in [4.69, 9.17) is 0 Å². The van der Waals surface area contributed by atoms with E-state index in [-0.39, 0.29) is 0 Å². The summed E-state index contributed by atoms with van der Waals surface area (Å²) < 4.78 is 0. The molecule has 0 heterocycles. The predicted molar refractivity (Wildman–Crippen MR) is 80.8 cm³/mol. The highest BCUT2D eigenvalue weighted by Gasteiger charge is 2.50. The summed E-state index contributed by atoms with van der Waals surface area (Å²) >= 11 is 0. The zero-order valence-corrected chi connectivity index (χ0v) is 12.6. The van der Waals surface area contributed by atoms with Crippen molar-refractivity contribution in [3.8, 4) is 0 Å². The third-order valence-electron chi connectivity index (χ3n) is 7.10. The molecule has 4 rings (SSSR count). The lowest BCUT2D eigenvalue weighted by molar-refractivity contribution is 0.136. The van der Waals surface area contributed by atoms with Gasteiger partial charge in [-0.15, -0.1) is 0 Å². The van der Waals surface area contributed by atoms with Gasteiger partial charge in [-0.05, 0) is 67.1 Å². The molecular formula is C19H30. The van der Waals surface area contributed by atoms with Crippen molar-refractivity contribution in [1.82, 2.24) is 0 Å². The van der Waals surface area contributed by atoms with Gasteiger partial charge < -0.3 is 0 Å². The van der Waals surface area contributed by atoms with Crippen LogP contribution in [0.25, 0.3) is 0 Å². The average molecular weight is 258 g/mol. The number of rotatable bonds is 2. The van der Waals surface area contributed by atoms with Crippen molar-refractivity contribution < 1.29 is 0 Å². The smallest absolute Gasteiger partial charge is 0.0197 e. The zero-order chi connectivity index (χ0) is 12.8. The molecular weight excluding hydrogens is 228 g/mol. The first kappa shape index (κ1) is 12.5. The van der Waals surface area contributed by atoms with Gasteiger partial charge >= 0.3 is 0 Å². The van der Waals surface area contributed by atoms with Crippen molar-refractivity contribution in [3.63, 3.8) is 0 Å². The summed E-state index contributed by atoms with van der Waals surface area (Å²) in [4.78, 5) is 0. The summed E-state index contributed by atoms with van der Waals surface area (Å²) in [6.07, 6.45) is 19.0. The Labute approximate surface area is 119 Å². The normalized spacial score (nSPS) is 50.2. The van der Waals surface area contributed by atoms with Gasteiger partial charge in [0.1, 0.15) is 0 Å². The summed E-state index contributed by atoms with van der Waals surface area (Å²) in [5.41, 5.74) is 0. The van der Waals surface area contributed by atoms with Gasteiger partial charge in [0, 0.05) is 0 Å². The molecule has 0 N–H and O–H groups in total. The quantitative estimate of drug-likeness (QED) is 0.578. The lowest BCUT2D eigenvalue weighted by Crippen LogP contribution is -2.28. The van der Waals surface area contributed by atoms with Crippen molar-refractivity contribution in [3.05, 3.63) is 12.2 Å². The van der Waals surface area contributed by atoms with E-state index in [1.54, 1.807) is 32.1 Å². The highest BCUT2D eigenvalue weighted by Crippen LogP contribution is 2.59. The van der Waals surface area contributed by atoms with Crippen LogP contribution >= 0.6 is 0 Å². The van der Waals surface area contributed by atoms with Gasteiger partial charge in [-0.1, -0.05) is 51.2 Å². The molecule has 0 aromatic heterocycles. The fourth-order valence-electron chi connectivity index (χ4n) is 6.26. The van der Waals surface area contributed by atoms with Crippen LogP contribution in [-0.4, -0.2) is 0 Å². The van der Waals surface area contributed by atoms with Crippen LogP contribution in [-0.2, 0) is 0 Å². The largest absolute Gasteiger partial charge is 0.0854 e. The highest BCUT2D eigenvalue weighted by molar-refractivity contribution is 5.08. The molecule has 0 aromatic carbocycles. The summed E-state index contributed by atoms with van der Waals surface area (Å²) in [5.74, 6) is 7.40. The molecule has 3 saturated carbocycles. The molecule has 0 nitrogen and oxygen atoms in total. The lowest BCUT2D eigenvalue weighted by atomic mass is 9.68. The van der Waals surface area contributed by atoms with Crippen LogP contribution in [0.1, 0.15) is 64.7 Å². The van der Waals surface area contributed by atoms with Gasteiger partial charge in [-0.25, -0.2) is 0 Å². The van der Waals surface area contributed by atoms with Crippen LogP contribution < -0.4 is 0 Å². The van der Waals surface area contributed by atoms with E-state index in [9.17, 15) is 0 Å². The molecule has 6 atom stereocenters. The Morgan fingerprint density at radius 3 is 2.05 bits per heavy atom. The summed E-state index contributed by atoms with van der Waals surface area (Å²) in [5, 5.41) is 0. The molecule has 19 heavy (non-hydrogen) atoms. The first-order valence-corrected chi connectivity index (χ1v) is 8.99. The van der Waals surface area contributed by atoms with Gasteiger partial charge in [-0.3, -0.25) is 0 Å². The molecule has 4 aliphatic rings. The topological polar surface area (TPSA) is 0 Å². The van der Waals surface area contributed by atoms with Gasteiger partial charge in [-0.2, -0.15) is 0 Å². The van der Waals surface area contributed by atoms with Gasteiger partial charge in [0.15, 0.2) is 0 Å². The molecule has 0 heteroatoms. The third kappa shape index (κ3) is 2.20. The Morgan fingerprint density at radius 1 is 0.684 bits per heavy atom. The van der Waals surface area contributed by atoms with Gasteiger partial charge in [0.2, 0.25) is 0 Å². The van der Waals surface area contributed by atoms with Gasteiger partial charge in [0.05, 0.1) is 0 Å². The fourth-order valence-corrected chi connectivity index (χ4v) is 6.26. The van der Waals surface area contributed by atoms with Crippen molar-refractivity contribution in [2.75, 3.05) is 0 Å². The Hall–Kier alpha value is -0.260. The van der Waals surface area contributed by atoms with Crippen LogP contribution in [0.2, 0.25) is 0 Å². The minimum absolute atomic E-state index is 0.860. The second kappa shape index (κ2) is 4.93. The fraction of sp³-hybridized carbons (Fsp3) is 0.895. The summed E-state index contributed by atoms with van der Waals surface area (Å²) in [6.45, 7) is 2.40. The van der Waals surface area contributed by atoms with E-state index in [2.05, 4.69) is 19.1 Å². The minimum atomic E-state index is 0.860. The first-order chi connectivity index (χ1) is 9.31. The molecule has 2 bridgehead atoms. The second-order valence-electron chi connectivity index (χ2n) is 8.21. The van der Waals surface area contributed by atoms with Crippen LogP contribution in [0, 0.1) is 41.4 Å². The third-order valence-corrected chi connectivity index (χ3v) is 7.10. The standard InChI is InChI=1S/C19H30/c1-13-7-8-15(9-13)19-12-16-10-17(19)11-18(16)14-5-3-2-4-6-14/h7-8,13-19H,2-6,9-12H2,1H3. The molecule has 6 unspecified atom stereocenters. The summed E-state index contributed by atoms with van der Waals surface area (Å²) in [7, 11) is 0. The van der Waals surface area contributed by atoms with E-state index < -0.39 is 0 Å². The Morgan fingerprint density at radius 2 is 1.42 bits per heavy atom. The molecule has 106 valence electrons. The van der Waals surface area contributed by atoms with E-state index in [1.165, 1.54) is 25.7 Å². The lowest BCUT2D eigenvalue weighted by Gasteiger charge is -2.37. The molecule has 0 aromatic rings. The molecule has 0 aliphatic heterocycles. The maximum atomic E-state index is 2.58. The Balaban J connectivity index is 1.39. The van der Waals surface area contributed by atoms with E-state index >= 15 is 0 Å². The first-order valence-electron chi connectivity index (χ1n) is 8.99. The van der Waals surface area contributed by atoms with Crippen molar-refractivity contribution in [2.24, 2.45) is 41.4 Å². The molecule has 0 amide bonds. The van der Waals surface area contributed by atoms with E-state index in [1.807, 2.05) is 0 Å². The number of fused-ring (bicyclic) bond motifs is 2. The number of hydrogen-bond acceptors (Lipinski definition) is 0. The maximum absolute atomic E-state index is 2.58. The van der Waals surface area contributed by atoms with E-state index in [0.717, 1.165) is 41.4 Å². The molecule has 0 spiro atoms. The molecule has 0 radical (unpaired) electrons. The van der Waals surface area contributed by atoms with Crippen molar-refractivity contribution in [1.29, 1.82) is 0 Å². The zero-order valence-electron chi connectivity index (χ0n) is 12.6. The number of allylic oxidation sites excluding steroid dienone is 2. The van der Waals surface area contributed by atoms with Crippen LogP contribution in [0.3, 0.4) is 0 Å². The van der Waals surface area contributed by atoms with Crippen molar-refractivity contribution >= 4 is 0 Å². The van der Waals surface area contributed by atoms with E-state index in [0.29, 0.717) is 0 Å². The predicted octanol–water partition coefficient (Wildman–Crippen LogP) is 5.44. The summed E-state index contributed by atoms with van der Waals surface area (Å²) in [6, 6.07) is 0. The molecule has 0 saturated heterocycles. The van der Waals surface area contributed by atoms with Crippen LogP contribution in [0.4, 0.5) is 0 Å². The monoisotopic (exact) mass is 258 g/mol. The average Bonchev–Trinajstić information content (AvgIpc) is 3.13. The van der Waals surface area contributed by atoms with Gasteiger partial charge in [0.25, 0.3) is 0 Å². The maximum Gasteiger partial charge on any atom is -0.0197 e. The second-order valence-corrected chi connectivity index (χ2v) is 8.21.